The van der Waals surface area contributed by atoms with E-state index in [1.165, 1.54) is 0 Å². The quantitative estimate of drug-likeness (QED) is 0.664. The van der Waals surface area contributed by atoms with Crippen molar-refractivity contribution in [2.24, 2.45) is 0 Å². The average molecular weight is 180 g/mol. The number of carbonyl (C=O) groups excluding carboxylic acids is 1. The third-order valence-electron chi connectivity index (χ3n) is 2.21. The number of rotatable bonds is 4. The number of carbonyl (C=O) groups is 1. The fourth-order valence-corrected chi connectivity index (χ4v) is 1.41. The van der Waals surface area contributed by atoms with Gasteiger partial charge in [0.25, 0.3) is 0 Å². The number of Topliss-reactive ketones (excluding diaryl/α,β-unsaturated/α-hetero) is 1. The predicted molar refractivity (Wildman–Crippen MR) is 52.3 cm³/mol. The van der Waals surface area contributed by atoms with Gasteiger partial charge in [0, 0.05) is 12.8 Å². The second kappa shape index (κ2) is 4.85. The molecule has 13 heavy (non-hydrogen) atoms. The number of allylic oxidation sites excluding steroid dienone is 4. The van der Waals surface area contributed by atoms with Crippen molar-refractivity contribution in [3.63, 3.8) is 0 Å². The lowest BCUT2D eigenvalue weighted by Gasteiger charge is -2.12. The van der Waals surface area contributed by atoms with Crippen LogP contribution in [0, 0.1) is 0 Å². The predicted octanol–water partition coefficient (Wildman–Crippen LogP) is 2.61. The number of ketones is 1. The van der Waals surface area contributed by atoms with E-state index < -0.39 is 0 Å². The summed E-state index contributed by atoms with van der Waals surface area (Å²) in [6.45, 7) is 2.03. The number of ether oxygens (including phenoxy) is 1. The van der Waals surface area contributed by atoms with Crippen molar-refractivity contribution < 1.29 is 9.53 Å². The summed E-state index contributed by atoms with van der Waals surface area (Å²) in [5.41, 5.74) is 0.947. The molecule has 1 rings (SSSR count). The minimum atomic E-state index is 0.286. The van der Waals surface area contributed by atoms with Gasteiger partial charge in [-0.05, 0) is 24.5 Å². The van der Waals surface area contributed by atoms with Crippen molar-refractivity contribution in [2.45, 2.75) is 32.6 Å². The van der Waals surface area contributed by atoms with Gasteiger partial charge in [-0.1, -0.05) is 13.0 Å². The van der Waals surface area contributed by atoms with E-state index in [0.29, 0.717) is 6.42 Å². The van der Waals surface area contributed by atoms with Gasteiger partial charge in [0.1, 0.15) is 0 Å². The van der Waals surface area contributed by atoms with Crippen LogP contribution in [-0.4, -0.2) is 12.9 Å². The molecule has 0 aromatic rings. The molecule has 0 aromatic carbocycles. The van der Waals surface area contributed by atoms with E-state index in [9.17, 15) is 4.79 Å². The highest BCUT2D eigenvalue weighted by molar-refractivity contribution is 5.95. The fourth-order valence-electron chi connectivity index (χ4n) is 1.41. The lowest BCUT2D eigenvalue weighted by molar-refractivity contribution is -0.115. The monoisotopic (exact) mass is 180 g/mol. The minimum Gasteiger partial charge on any atom is -0.501 e. The third kappa shape index (κ3) is 2.72. The molecule has 1 aliphatic rings. The molecule has 0 heterocycles. The maximum atomic E-state index is 11.5. The maximum absolute atomic E-state index is 11.5. The molecule has 0 fully saturated rings. The van der Waals surface area contributed by atoms with Gasteiger partial charge in [-0.2, -0.15) is 0 Å². The highest BCUT2D eigenvalue weighted by Crippen LogP contribution is 2.20. The zero-order valence-corrected chi connectivity index (χ0v) is 8.30. The van der Waals surface area contributed by atoms with Crippen molar-refractivity contribution in [3.05, 3.63) is 23.5 Å². The molecule has 0 saturated heterocycles. The molecule has 0 aliphatic heterocycles. The van der Waals surface area contributed by atoms with Crippen molar-refractivity contribution in [2.75, 3.05) is 7.11 Å². The van der Waals surface area contributed by atoms with Crippen molar-refractivity contribution in [3.8, 4) is 0 Å². The molecule has 0 bridgehead atoms. The van der Waals surface area contributed by atoms with Crippen LogP contribution < -0.4 is 0 Å². The Balaban J connectivity index is 2.58. The Morgan fingerprint density at radius 3 is 2.69 bits per heavy atom. The summed E-state index contributed by atoms with van der Waals surface area (Å²) in [7, 11) is 1.67. The molecule has 0 unspecified atom stereocenters. The normalized spacial score (nSPS) is 16.2. The van der Waals surface area contributed by atoms with E-state index >= 15 is 0 Å². The zero-order valence-electron chi connectivity index (χ0n) is 8.30. The molecule has 0 radical (unpaired) electrons. The fraction of sp³-hybridized carbons (Fsp3) is 0.545. The average Bonchev–Trinajstić information content (AvgIpc) is 2.18. The van der Waals surface area contributed by atoms with Crippen molar-refractivity contribution in [1.82, 2.24) is 0 Å². The summed E-state index contributed by atoms with van der Waals surface area (Å²) in [5, 5.41) is 0. The molecule has 0 spiro atoms. The molecule has 2 nitrogen and oxygen atoms in total. The highest BCUT2D eigenvalue weighted by Gasteiger charge is 2.12. The molecule has 0 amide bonds. The summed E-state index contributed by atoms with van der Waals surface area (Å²) >= 11 is 0. The molecule has 0 saturated carbocycles. The van der Waals surface area contributed by atoms with Crippen molar-refractivity contribution >= 4 is 5.78 Å². The van der Waals surface area contributed by atoms with Gasteiger partial charge >= 0.3 is 0 Å². The minimum absolute atomic E-state index is 0.286. The van der Waals surface area contributed by atoms with Crippen LogP contribution in [0.2, 0.25) is 0 Å². The maximum Gasteiger partial charge on any atom is 0.158 e. The van der Waals surface area contributed by atoms with Crippen LogP contribution in [0.4, 0.5) is 0 Å². The van der Waals surface area contributed by atoms with E-state index in [1.807, 2.05) is 19.1 Å². The van der Waals surface area contributed by atoms with Gasteiger partial charge in [-0.25, -0.2) is 0 Å². The lowest BCUT2D eigenvalue weighted by Crippen LogP contribution is -2.05. The van der Waals surface area contributed by atoms with E-state index in [1.54, 1.807) is 7.11 Å². The van der Waals surface area contributed by atoms with Crippen LogP contribution in [0.1, 0.15) is 32.6 Å². The van der Waals surface area contributed by atoms with Crippen LogP contribution in [0.3, 0.4) is 0 Å². The highest BCUT2D eigenvalue weighted by atomic mass is 16.5. The first-order chi connectivity index (χ1) is 6.27. The van der Waals surface area contributed by atoms with Gasteiger partial charge in [-0.15, -0.1) is 0 Å². The lowest BCUT2D eigenvalue weighted by atomic mass is 9.98. The van der Waals surface area contributed by atoms with E-state index in [0.717, 1.165) is 30.6 Å². The van der Waals surface area contributed by atoms with Crippen LogP contribution in [-0.2, 0) is 9.53 Å². The van der Waals surface area contributed by atoms with E-state index in [2.05, 4.69) is 0 Å². The van der Waals surface area contributed by atoms with Crippen LogP contribution >= 0.6 is 0 Å². The molecule has 2 heteroatoms. The third-order valence-corrected chi connectivity index (χ3v) is 2.21. The second-order valence-electron chi connectivity index (χ2n) is 3.20. The number of hydrogen-bond donors (Lipinski definition) is 0. The summed E-state index contributed by atoms with van der Waals surface area (Å²) in [6, 6.07) is 0. The Bertz CT molecular complexity index is 249. The van der Waals surface area contributed by atoms with Crippen LogP contribution in [0.25, 0.3) is 0 Å². The summed E-state index contributed by atoms with van der Waals surface area (Å²) in [4.78, 5) is 11.5. The summed E-state index contributed by atoms with van der Waals surface area (Å²) in [6.07, 6.45) is 7.07. The van der Waals surface area contributed by atoms with Gasteiger partial charge in [0.15, 0.2) is 5.78 Å². The zero-order chi connectivity index (χ0) is 9.68. The topological polar surface area (TPSA) is 26.3 Å². The molecule has 0 atom stereocenters. The Hall–Kier alpha value is -1.05. The molecule has 0 aromatic heterocycles. The first kappa shape index (κ1) is 10.0. The Morgan fingerprint density at radius 1 is 1.46 bits per heavy atom. The Morgan fingerprint density at radius 2 is 2.23 bits per heavy atom. The molecular formula is C11H16O2. The number of hydrogen-bond acceptors (Lipinski definition) is 2. The second-order valence-corrected chi connectivity index (χ2v) is 3.20. The standard InChI is InChI=1S/C11H16O2/c1-3-4-11(12)9-5-7-10(13-2)8-6-9/h5,7H,3-4,6,8H2,1-2H3. The first-order valence-electron chi connectivity index (χ1n) is 4.74. The SMILES string of the molecule is CCCC(=O)C1=CC=C(OC)CC1. The molecule has 72 valence electrons. The first-order valence-corrected chi connectivity index (χ1v) is 4.74. The van der Waals surface area contributed by atoms with E-state index in [4.69, 9.17) is 4.74 Å². The smallest absolute Gasteiger partial charge is 0.158 e. The van der Waals surface area contributed by atoms with Gasteiger partial charge < -0.3 is 4.74 Å². The van der Waals surface area contributed by atoms with Gasteiger partial charge in [0.2, 0.25) is 0 Å². The summed E-state index contributed by atoms with van der Waals surface area (Å²) < 4.78 is 5.08. The van der Waals surface area contributed by atoms with Crippen LogP contribution in [0.15, 0.2) is 23.5 Å². The molecule has 0 N–H and O–H groups in total. The largest absolute Gasteiger partial charge is 0.501 e. The Labute approximate surface area is 79.3 Å². The van der Waals surface area contributed by atoms with Gasteiger partial charge in [0.05, 0.1) is 12.9 Å². The van der Waals surface area contributed by atoms with E-state index in [-0.39, 0.29) is 5.78 Å². The van der Waals surface area contributed by atoms with Gasteiger partial charge in [-0.3, -0.25) is 4.79 Å². The summed E-state index contributed by atoms with van der Waals surface area (Å²) in [5.74, 6) is 1.25. The molecular weight excluding hydrogens is 164 g/mol. The number of methoxy groups -OCH3 is 1. The van der Waals surface area contributed by atoms with Crippen LogP contribution in [0.5, 0.6) is 0 Å². The van der Waals surface area contributed by atoms with Crippen molar-refractivity contribution in [1.29, 1.82) is 0 Å². The molecule has 1 aliphatic carbocycles. The Kier molecular flexibility index (Phi) is 3.74.